The van der Waals surface area contributed by atoms with Gasteiger partial charge in [0.15, 0.2) is 0 Å². The third-order valence-electron chi connectivity index (χ3n) is 5.39. The van der Waals surface area contributed by atoms with Crippen molar-refractivity contribution in [2.24, 2.45) is 0 Å². The van der Waals surface area contributed by atoms with Crippen LogP contribution in [-0.4, -0.2) is 68.1 Å². The van der Waals surface area contributed by atoms with Gasteiger partial charge in [-0.1, -0.05) is 0 Å². The van der Waals surface area contributed by atoms with E-state index >= 15 is 0 Å². The molecule has 1 unspecified atom stereocenters. The molecule has 25 heavy (non-hydrogen) atoms. The minimum absolute atomic E-state index is 0.191. The predicted molar refractivity (Wildman–Crippen MR) is 95.9 cm³/mol. The number of piperazine rings is 1. The van der Waals surface area contributed by atoms with Gasteiger partial charge < -0.3 is 19.4 Å². The van der Waals surface area contributed by atoms with E-state index in [1.165, 1.54) is 0 Å². The van der Waals surface area contributed by atoms with E-state index in [0.717, 1.165) is 68.0 Å². The lowest BCUT2D eigenvalue weighted by Gasteiger charge is -2.32. The fourth-order valence-electron chi connectivity index (χ4n) is 3.92. The van der Waals surface area contributed by atoms with E-state index in [-0.39, 0.29) is 5.91 Å². The SMILES string of the molecule is COc1ccc2c(CC(=O)N3CCC(N4CCNCC4)C3)coc2c1. The third kappa shape index (κ3) is 3.37. The molecule has 3 heterocycles. The van der Waals surface area contributed by atoms with Crippen molar-refractivity contribution in [3.8, 4) is 5.75 Å². The van der Waals surface area contributed by atoms with Gasteiger partial charge in [0.05, 0.1) is 19.8 Å². The molecule has 1 N–H and O–H groups in total. The van der Waals surface area contributed by atoms with E-state index in [1.807, 2.05) is 23.1 Å². The molecule has 134 valence electrons. The van der Waals surface area contributed by atoms with Gasteiger partial charge in [0.25, 0.3) is 0 Å². The Hall–Kier alpha value is -2.05. The molecule has 2 saturated heterocycles. The molecule has 1 aromatic carbocycles. The second-order valence-corrected chi connectivity index (χ2v) is 6.87. The van der Waals surface area contributed by atoms with Gasteiger partial charge >= 0.3 is 0 Å². The highest BCUT2D eigenvalue weighted by molar-refractivity contribution is 5.88. The summed E-state index contributed by atoms with van der Waals surface area (Å²) in [6, 6.07) is 6.24. The third-order valence-corrected chi connectivity index (χ3v) is 5.39. The summed E-state index contributed by atoms with van der Waals surface area (Å²) in [6.45, 7) is 5.98. The van der Waals surface area contributed by atoms with E-state index in [0.29, 0.717) is 12.5 Å². The summed E-state index contributed by atoms with van der Waals surface area (Å²) in [5, 5.41) is 4.38. The fourth-order valence-corrected chi connectivity index (χ4v) is 3.92. The molecule has 1 atom stereocenters. The standard InChI is InChI=1S/C19H25N3O3/c1-24-16-2-3-17-14(13-25-18(17)11-16)10-19(23)22-7-4-15(12-22)21-8-5-20-6-9-21/h2-3,11,13,15,20H,4-10,12H2,1H3. The Kier molecular flexibility index (Phi) is 4.63. The maximum atomic E-state index is 12.7. The minimum atomic E-state index is 0.191. The van der Waals surface area contributed by atoms with Gasteiger partial charge in [-0.2, -0.15) is 0 Å². The first kappa shape index (κ1) is 16.4. The van der Waals surface area contributed by atoms with Crippen LogP contribution in [0.25, 0.3) is 11.0 Å². The number of carbonyl (C=O) groups is 1. The van der Waals surface area contributed by atoms with Crippen LogP contribution in [0.4, 0.5) is 0 Å². The molecule has 2 fully saturated rings. The lowest BCUT2D eigenvalue weighted by Crippen LogP contribution is -2.49. The van der Waals surface area contributed by atoms with Gasteiger partial charge in [0, 0.05) is 62.3 Å². The van der Waals surface area contributed by atoms with E-state index < -0.39 is 0 Å². The molecule has 1 aromatic heterocycles. The number of rotatable bonds is 4. The van der Waals surface area contributed by atoms with Crippen molar-refractivity contribution in [2.45, 2.75) is 18.9 Å². The number of nitrogens with one attached hydrogen (secondary N) is 1. The summed E-state index contributed by atoms with van der Waals surface area (Å²) in [5.74, 6) is 0.953. The summed E-state index contributed by atoms with van der Waals surface area (Å²) in [4.78, 5) is 17.3. The molecule has 0 aliphatic carbocycles. The molecule has 2 aliphatic heterocycles. The molecule has 0 spiro atoms. The van der Waals surface area contributed by atoms with Crippen LogP contribution in [0.15, 0.2) is 28.9 Å². The number of likely N-dealkylation sites (tertiary alicyclic amines) is 1. The Morgan fingerprint density at radius 2 is 2.16 bits per heavy atom. The summed E-state index contributed by atoms with van der Waals surface area (Å²) in [6.07, 6.45) is 3.18. The van der Waals surface area contributed by atoms with Crippen LogP contribution in [0, 0.1) is 0 Å². The minimum Gasteiger partial charge on any atom is -0.497 e. The highest BCUT2D eigenvalue weighted by Gasteiger charge is 2.31. The molecular formula is C19H25N3O3. The van der Waals surface area contributed by atoms with Gasteiger partial charge in [-0.05, 0) is 18.6 Å². The van der Waals surface area contributed by atoms with Crippen LogP contribution in [0.3, 0.4) is 0 Å². The van der Waals surface area contributed by atoms with Gasteiger partial charge in [-0.25, -0.2) is 0 Å². The highest BCUT2D eigenvalue weighted by Crippen LogP contribution is 2.26. The first-order chi connectivity index (χ1) is 12.2. The van der Waals surface area contributed by atoms with Crippen LogP contribution < -0.4 is 10.1 Å². The second-order valence-electron chi connectivity index (χ2n) is 6.87. The van der Waals surface area contributed by atoms with Gasteiger partial charge in [0.2, 0.25) is 5.91 Å². The lowest BCUT2D eigenvalue weighted by molar-refractivity contribution is -0.129. The number of methoxy groups -OCH3 is 1. The van der Waals surface area contributed by atoms with Gasteiger partial charge in [-0.3, -0.25) is 9.69 Å². The van der Waals surface area contributed by atoms with Crippen molar-refractivity contribution in [1.29, 1.82) is 0 Å². The van der Waals surface area contributed by atoms with Crippen molar-refractivity contribution in [2.75, 3.05) is 46.4 Å². The Morgan fingerprint density at radius 1 is 1.32 bits per heavy atom. The quantitative estimate of drug-likeness (QED) is 0.911. The maximum absolute atomic E-state index is 12.7. The molecule has 0 radical (unpaired) electrons. The fraction of sp³-hybridized carbons (Fsp3) is 0.526. The number of benzene rings is 1. The van der Waals surface area contributed by atoms with Crippen molar-refractivity contribution < 1.29 is 13.9 Å². The Labute approximate surface area is 147 Å². The topological polar surface area (TPSA) is 58.0 Å². The van der Waals surface area contributed by atoms with E-state index in [1.54, 1.807) is 13.4 Å². The van der Waals surface area contributed by atoms with Gasteiger partial charge in [-0.15, -0.1) is 0 Å². The highest BCUT2D eigenvalue weighted by atomic mass is 16.5. The maximum Gasteiger partial charge on any atom is 0.227 e. The van der Waals surface area contributed by atoms with Crippen LogP contribution >= 0.6 is 0 Å². The zero-order valence-electron chi connectivity index (χ0n) is 14.7. The second kappa shape index (κ2) is 7.06. The molecule has 1 amide bonds. The average molecular weight is 343 g/mol. The summed E-state index contributed by atoms with van der Waals surface area (Å²) >= 11 is 0. The van der Waals surface area contributed by atoms with Crippen LogP contribution in [0.2, 0.25) is 0 Å². The Morgan fingerprint density at radius 3 is 2.96 bits per heavy atom. The lowest BCUT2D eigenvalue weighted by atomic mass is 10.1. The van der Waals surface area contributed by atoms with Crippen molar-refractivity contribution in [3.63, 3.8) is 0 Å². The van der Waals surface area contributed by atoms with Crippen molar-refractivity contribution in [3.05, 3.63) is 30.0 Å². The number of furan rings is 1. The Bertz CT molecular complexity index is 751. The molecule has 6 nitrogen and oxygen atoms in total. The summed E-state index contributed by atoms with van der Waals surface area (Å²) in [5.41, 5.74) is 1.72. The monoisotopic (exact) mass is 343 g/mol. The van der Waals surface area contributed by atoms with E-state index in [4.69, 9.17) is 9.15 Å². The predicted octanol–water partition coefficient (Wildman–Crippen LogP) is 1.49. The van der Waals surface area contributed by atoms with E-state index in [9.17, 15) is 4.79 Å². The smallest absolute Gasteiger partial charge is 0.227 e. The molecule has 0 bridgehead atoms. The molecule has 0 saturated carbocycles. The largest absolute Gasteiger partial charge is 0.497 e. The van der Waals surface area contributed by atoms with Crippen molar-refractivity contribution in [1.82, 2.24) is 15.1 Å². The molecule has 2 aromatic rings. The molecule has 6 heteroatoms. The van der Waals surface area contributed by atoms with Crippen LogP contribution in [0.1, 0.15) is 12.0 Å². The van der Waals surface area contributed by atoms with Crippen molar-refractivity contribution >= 4 is 16.9 Å². The van der Waals surface area contributed by atoms with E-state index in [2.05, 4.69) is 10.2 Å². The zero-order chi connectivity index (χ0) is 17.2. The number of hydrogen-bond donors (Lipinski definition) is 1. The number of carbonyl (C=O) groups excluding carboxylic acids is 1. The van der Waals surface area contributed by atoms with Crippen LogP contribution in [-0.2, 0) is 11.2 Å². The summed E-state index contributed by atoms with van der Waals surface area (Å²) in [7, 11) is 1.64. The normalized spacial score (nSPS) is 21.8. The summed E-state index contributed by atoms with van der Waals surface area (Å²) < 4.78 is 10.8. The molecule has 4 rings (SSSR count). The average Bonchev–Trinajstić information content (AvgIpc) is 3.30. The van der Waals surface area contributed by atoms with Crippen LogP contribution in [0.5, 0.6) is 5.75 Å². The number of hydrogen-bond acceptors (Lipinski definition) is 5. The first-order valence-electron chi connectivity index (χ1n) is 9.01. The molecular weight excluding hydrogens is 318 g/mol. The number of ether oxygens (including phenoxy) is 1. The first-order valence-corrected chi connectivity index (χ1v) is 9.01. The Balaban J connectivity index is 1.40. The number of fused-ring (bicyclic) bond motifs is 1. The molecule has 2 aliphatic rings. The number of amides is 1. The number of nitrogens with zero attached hydrogens (tertiary/aromatic N) is 2. The van der Waals surface area contributed by atoms with Gasteiger partial charge in [0.1, 0.15) is 11.3 Å². The zero-order valence-corrected chi connectivity index (χ0v) is 14.7.